The normalized spacial score (nSPS) is 11.7. The predicted molar refractivity (Wildman–Crippen MR) is 231 cm³/mol. The predicted octanol–water partition coefficient (Wildman–Crippen LogP) is 14.0. The van der Waals surface area contributed by atoms with Crippen LogP contribution in [0.4, 0.5) is 0 Å². The highest BCUT2D eigenvalue weighted by Gasteiger charge is 2.14. The van der Waals surface area contributed by atoms with E-state index in [2.05, 4.69) is 113 Å². The molecule has 0 N–H and O–H groups in total. The third kappa shape index (κ3) is 7.84. The maximum absolute atomic E-state index is 13.1. The van der Waals surface area contributed by atoms with E-state index in [1.807, 2.05) is 84.9 Å². The molecule has 8 rings (SSSR count). The zero-order valence-corrected chi connectivity index (χ0v) is 31.3. The molecule has 0 aliphatic heterocycles. The van der Waals surface area contributed by atoms with Gasteiger partial charge in [-0.2, -0.15) is 0 Å². The Labute approximate surface area is 318 Å². The molecule has 0 saturated heterocycles. The lowest BCUT2D eigenvalue weighted by Gasteiger charge is -2.09. The van der Waals surface area contributed by atoms with Gasteiger partial charge in [0.05, 0.1) is 0 Å². The first-order valence-electron chi connectivity index (χ1n) is 18.7. The van der Waals surface area contributed by atoms with E-state index in [0.29, 0.717) is 11.8 Å². The van der Waals surface area contributed by atoms with Crippen molar-refractivity contribution in [3.05, 3.63) is 203 Å². The number of allylic oxidation sites excluding steroid dienone is 2. The van der Waals surface area contributed by atoms with Crippen LogP contribution in [0.1, 0.15) is 82.5 Å². The molecule has 0 heterocycles. The number of hydrogen-bond donors (Lipinski definition) is 0. The standard InChI is InChI=1S/2C26H22O/c2*1-18(2)20-14-11-19(12-15-20)13-16-25(27)26-23-9-5-3-7-21(23)17-22-8-4-6-10-24(22)26/h2*3-18H,1-2H3/b2*16-13+. The summed E-state index contributed by atoms with van der Waals surface area (Å²) in [5.74, 6) is 1.09. The summed E-state index contributed by atoms with van der Waals surface area (Å²) in [6.45, 7) is 8.72. The molecule has 0 bridgehead atoms. The third-order valence-electron chi connectivity index (χ3n) is 10.1. The zero-order valence-electron chi connectivity index (χ0n) is 31.3. The van der Waals surface area contributed by atoms with Gasteiger partial charge < -0.3 is 0 Å². The van der Waals surface area contributed by atoms with Crippen molar-refractivity contribution in [1.82, 2.24) is 0 Å². The molecule has 0 saturated carbocycles. The van der Waals surface area contributed by atoms with E-state index < -0.39 is 0 Å². The first kappa shape index (κ1) is 36.0. The lowest BCUT2D eigenvalue weighted by Crippen LogP contribution is -1.98. The van der Waals surface area contributed by atoms with Gasteiger partial charge in [-0.25, -0.2) is 0 Å². The van der Waals surface area contributed by atoms with E-state index in [1.165, 1.54) is 11.1 Å². The summed E-state index contributed by atoms with van der Waals surface area (Å²) >= 11 is 0. The second-order valence-corrected chi connectivity index (χ2v) is 14.4. The molecule has 2 heteroatoms. The zero-order chi connectivity index (χ0) is 37.6. The summed E-state index contributed by atoms with van der Waals surface area (Å²) in [6, 6.07) is 53.4. The van der Waals surface area contributed by atoms with Crippen LogP contribution in [0.25, 0.3) is 55.2 Å². The maximum Gasteiger partial charge on any atom is 0.187 e. The van der Waals surface area contributed by atoms with Gasteiger partial charge in [-0.3, -0.25) is 9.59 Å². The Morgan fingerprint density at radius 3 is 0.944 bits per heavy atom. The van der Waals surface area contributed by atoms with Crippen LogP contribution in [0.3, 0.4) is 0 Å². The Kier molecular flexibility index (Phi) is 10.7. The highest BCUT2D eigenvalue weighted by Crippen LogP contribution is 2.31. The van der Waals surface area contributed by atoms with Crippen molar-refractivity contribution >= 4 is 66.8 Å². The number of ketones is 2. The van der Waals surface area contributed by atoms with Gasteiger partial charge in [-0.1, -0.05) is 185 Å². The Balaban J connectivity index is 0.000000167. The average Bonchev–Trinajstić information content (AvgIpc) is 3.20. The largest absolute Gasteiger partial charge is 0.289 e. The smallest absolute Gasteiger partial charge is 0.187 e. The van der Waals surface area contributed by atoms with E-state index in [-0.39, 0.29) is 11.6 Å². The molecule has 0 radical (unpaired) electrons. The van der Waals surface area contributed by atoms with Crippen molar-refractivity contribution in [3.63, 3.8) is 0 Å². The fourth-order valence-corrected chi connectivity index (χ4v) is 7.05. The SMILES string of the molecule is CC(C)c1ccc(/C=C/C(=O)c2c3ccccc3cc3ccccc23)cc1.CC(C)c1ccc(/C=C/C(=O)c2c3ccccc3cc3ccccc23)cc1. The van der Waals surface area contributed by atoms with Gasteiger partial charge in [0.2, 0.25) is 0 Å². The molecule has 264 valence electrons. The number of rotatable bonds is 8. The molecular weight excluding hydrogens is 657 g/mol. The second kappa shape index (κ2) is 16.1. The number of carbonyl (C=O) groups is 2. The Hall–Kier alpha value is -6.38. The minimum absolute atomic E-state index is 0.0379. The van der Waals surface area contributed by atoms with Gasteiger partial charge in [-0.05, 0) is 101 Å². The van der Waals surface area contributed by atoms with E-state index in [4.69, 9.17) is 0 Å². The summed E-state index contributed by atoms with van der Waals surface area (Å²) < 4.78 is 0. The van der Waals surface area contributed by atoms with Crippen molar-refractivity contribution < 1.29 is 9.59 Å². The van der Waals surface area contributed by atoms with Gasteiger partial charge in [-0.15, -0.1) is 0 Å². The fourth-order valence-electron chi connectivity index (χ4n) is 7.05. The molecule has 8 aromatic carbocycles. The van der Waals surface area contributed by atoms with E-state index in [0.717, 1.165) is 65.3 Å². The number of carbonyl (C=O) groups excluding carboxylic acids is 2. The van der Waals surface area contributed by atoms with Crippen LogP contribution >= 0.6 is 0 Å². The van der Waals surface area contributed by atoms with Crippen molar-refractivity contribution in [2.24, 2.45) is 0 Å². The molecule has 0 aliphatic rings. The van der Waals surface area contributed by atoms with Crippen LogP contribution in [-0.4, -0.2) is 11.6 Å². The highest BCUT2D eigenvalue weighted by molar-refractivity contribution is 6.24. The fraction of sp³-hybridized carbons (Fsp3) is 0.115. The molecule has 0 aromatic heterocycles. The Bertz CT molecular complexity index is 2380. The molecule has 54 heavy (non-hydrogen) atoms. The van der Waals surface area contributed by atoms with E-state index >= 15 is 0 Å². The number of benzene rings is 8. The highest BCUT2D eigenvalue weighted by atomic mass is 16.1. The summed E-state index contributed by atoms with van der Waals surface area (Å²) in [4.78, 5) is 26.3. The molecule has 0 fully saturated rings. The summed E-state index contributed by atoms with van der Waals surface area (Å²) in [6.07, 6.45) is 7.20. The average molecular weight is 701 g/mol. The second-order valence-electron chi connectivity index (χ2n) is 14.4. The van der Waals surface area contributed by atoms with Crippen molar-refractivity contribution in [2.45, 2.75) is 39.5 Å². The van der Waals surface area contributed by atoms with Crippen LogP contribution < -0.4 is 0 Å². The summed E-state index contributed by atoms with van der Waals surface area (Å²) in [5.41, 5.74) is 6.24. The van der Waals surface area contributed by atoms with Gasteiger partial charge >= 0.3 is 0 Å². The molecule has 0 amide bonds. The summed E-state index contributed by atoms with van der Waals surface area (Å²) in [5, 5.41) is 8.37. The molecule has 0 spiro atoms. The van der Waals surface area contributed by atoms with Crippen molar-refractivity contribution in [3.8, 4) is 0 Å². The molecule has 0 aliphatic carbocycles. The topological polar surface area (TPSA) is 34.1 Å². The van der Waals surface area contributed by atoms with Crippen LogP contribution in [0.15, 0.2) is 170 Å². The Morgan fingerprint density at radius 1 is 0.389 bits per heavy atom. The minimum Gasteiger partial charge on any atom is -0.289 e. The summed E-state index contributed by atoms with van der Waals surface area (Å²) in [7, 11) is 0. The quantitative estimate of drug-likeness (QED) is 0.0898. The number of hydrogen-bond acceptors (Lipinski definition) is 2. The van der Waals surface area contributed by atoms with Crippen LogP contribution in [0.2, 0.25) is 0 Å². The first-order valence-corrected chi connectivity index (χ1v) is 18.7. The number of fused-ring (bicyclic) bond motifs is 4. The van der Waals surface area contributed by atoms with Gasteiger partial charge in [0.1, 0.15) is 0 Å². The monoisotopic (exact) mass is 700 g/mol. The van der Waals surface area contributed by atoms with Gasteiger partial charge in [0.25, 0.3) is 0 Å². The van der Waals surface area contributed by atoms with E-state index in [1.54, 1.807) is 12.2 Å². The maximum atomic E-state index is 13.1. The third-order valence-corrected chi connectivity index (χ3v) is 10.1. The first-order chi connectivity index (χ1) is 26.3. The van der Waals surface area contributed by atoms with E-state index in [9.17, 15) is 9.59 Å². The molecule has 0 atom stereocenters. The molecular formula is C52H44O2. The molecule has 2 nitrogen and oxygen atoms in total. The molecule has 0 unspecified atom stereocenters. The lowest BCUT2D eigenvalue weighted by atomic mass is 9.94. The van der Waals surface area contributed by atoms with Crippen LogP contribution in [0.5, 0.6) is 0 Å². The minimum atomic E-state index is 0.0379. The van der Waals surface area contributed by atoms with Crippen LogP contribution in [0, 0.1) is 0 Å². The lowest BCUT2D eigenvalue weighted by molar-refractivity contribution is 0.104. The van der Waals surface area contributed by atoms with Gasteiger partial charge in [0, 0.05) is 11.1 Å². The molecule has 8 aromatic rings. The van der Waals surface area contributed by atoms with Gasteiger partial charge in [0.15, 0.2) is 11.6 Å². The van der Waals surface area contributed by atoms with Crippen molar-refractivity contribution in [2.75, 3.05) is 0 Å². The van der Waals surface area contributed by atoms with Crippen LogP contribution in [-0.2, 0) is 0 Å². The Morgan fingerprint density at radius 2 is 0.667 bits per heavy atom. The van der Waals surface area contributed by atoms with Crippen molar-refractivity contribution in [1.29, 1.82) is 0 Å².